The van der Waals surface area contributed by atoms with Crippen molar-refractivity contribution in [2.75, 3.05) is 24.4 Å². The summed E-state index contributed by atoms with van der Waals surface area (Å²) in [6.45, 7) is 6.09. The highest BCUT2D eigenvalue weighted by atomic mass is 32.2. The zero-order chi connectivity index (χ0) is 48.1. The number of ether oxygens (including phenoxy) is 1. The van der Waals surface area contributed by atoms with E-state index in [0.717, 1.165) is 146 Å². The number of carbonyl (C=O) groups excluding carboxylic acids is 5. The number of nitrogens with one attached hydrogen (secondary N) is 3. The monoisotopic (exact) mass is 940 g/mol. The minimum atomic E-state index is -0.719. The van der Waals surface area contributed by atoms with Crippen molar-refractivity contribution in [3.8, 4) is 0 Å². The predicted molar refractivity (Wildman–Crippen MR) is 263 cm³/mol. The van der Waals surface area contributed by atoms with Crippen LogP contribution in [0.4, 0.5) is 0 Å². The van der Waals surface area contributed by atoms with Crippen molar-refractivity contribution in [1.82, 2.24) is 16.0 Å². The van der Waals surface area contributed by atoms with Crippen molar-refractivity contribution in [1.29, 1.82) is 0 Å². The van der Waals surface area contributed by atoms with Crippen LogP contribution in [0, 0.1) is 0 Å². The standard InChI is InChI=1S/C31H54N2O6S.C18H31NO4S/c1-26(34)32-28(19-15-11-7-3-5-9-13-17-21-30(36)37)23-24-40-25-29(33-27(2)35)20-16-12-8-4-6-10-14-18-22-31(38)39;1-15(20)19-17(14-24-16(2)21)12-10-8-6-4-5-7-9-11-13-18(22)23-3/h15-16,19-20,28-29H,3-14,17-18,21-25H2,1-2H3,(H,32,34)(H,33,35)(H,36,37)(H,38,39);10,12,17H,4-9,11,13-14H2,1-3H3,(H,19,20)/b19-15+,20-16+;12-10+/t28-,29-;17-/m11/s1. The number of amides is 3. The van der Waals surface area contributed by atoms with Gasteiger partial charge in [-0.05, 0) is 70.0 Å². The van der Waals surface area contributed by atoms with Crippen molar-refractivity contribution in [2.45, 2.75) is 206 Å². The van der Waals surface area contributed by atoms with Gasteiger partial charge in [0.15, 0.2) is 5.12 Å². The Hall–Kier alpha value is -3.59. The van der Waals surface area contributed by atoms with Crippen molar-refractivity contribution in [3.05, 3.63) is 36.5 Å². The number of unbranched alkanes of at least 4 members (excludes halogenated alkanes) is 18. The van der Waals surface area contributed by atoms with E-state index in [1.165, 1.54) is 53.0 Å². The van der Waals surface area contributed by atoms with E-state index in [1.807, 2.05) is 6.08 Å². The van der Waals surface area contributed by atoms with Crippen LogP contribution in [0.5, 0.6) is 0 Å². The van der Waals surface area contributed by atoms with E-state index in [-0.39, 0.29) is 59.8 Å². The number of thioether (sulfide) groups is 2. The molecule has 0 unspecified atom stereocenters. The molecule has 0 spiro atoms. The third-order valence-electron chi connectivity index (χ3n) is 9.86. The Bertz CT molecular complexity index is 1300. The largest absolute Gasteiger partial charge is 0.481 e. The molecule has 0 radical (unpaired) electrons. The van der Waals surface area contributed by atoms with Gasteiger partial charge in [0.2, 0.25) is 17.7 Å². The lowest BCUT2D eigenvalue weighted by Crippen LogP contribution is -2.34. The molecule has 0 saturated heterocycles. The normalized spacial score (nSPS) is 12.6. The van der Waals surface area contributed by atoms with Gasteiger partial charge in [-0.15, -0.1) is 0 Å². The predicted octanol–water partition coefficient (Wildman–Crippen LogP) is 10.3. The first-order valence-corrected chi connectivity index (χ1v) is 25.8. The fourth-order valence-electron chi connectivity index (χ4n) is 6.53. The molecule has 13 nitrogen and oxygen atoms in total. The second kappa shape index (κ2) is 46.0. The minimum absolute atomic E-state index is 0.0000884. The molecular formula is C49H85N3O10S2. The third-order valence-corrected chi connectivity index (χ3v) is 11.9. The molecule has 0 bridgehead atoms. The summed E-state index contributed by atoms with van der Waals surface area (Å²) in [5.41, 5.74) is 0. The van der Waals surface area contributed by atoms with E-state index in [1.54, 1.807) is 11.8 Å². The van der Waals surface area contributed by atoms with Gasteiger partial charge in [0.05, 0.1) is 19.2 Å². The molecular weight excluding hydrogens is 855 g/mol. The van der Waals surface area contributed by atoms with Crippen LogP contribution in [0.25, 0.3) is 0 Å². The quantitative estimate of drug-likeness (QED) is 0.0221. The van der Waals surface area contributed by atoms with E-state index < -0.39 is 11.9 Å². The highest BCUT2D eigenvalue weighted by Gasteiger charge is 2.10. The smallest absolute Gasteiger partial charge is 0.305 e. The summed E-state index contributed by atoms with van der Waals surface area (Å²) < 4.78 is 4.60. The fourth-order valence-corrected chi connectivity index (χ4v) is 8.18. The van der Waals surface area contributed by atoms with Gasteiger partial charge < -0.3 is 30.9 Å². The maximum Gasteiger partial charge on any atom is 0.305 e. The molecule has 0 rings (SSSR count). The molecule has 0 aliphatic heterocycles. The van der Waals surface area contributed by atoms with Crippen molar-refractivity contribution >= 4 is 64.3 Å². The van der Waals surface area contributed by atoms with E-state index in [0.29, 0.717) is 12.2 Å². The van der Waals surface area contributed by atoms with Gasteiger partial charge in [0.25, 0.3) is 0 Å². The van der Waals surface area contributed by atoms with E-state index >= 15 is 0 Å². The first-order valence-electron chi connectivity index (χ1n) is 23.7. The number of carboxylic acid groups (broad SMARTS) is 2. The topological polar surface area (TPSA) is 205 Å². The van der Waals surface area contributed by atoms with Gasteiger partial charge in [0.1, 0.15) is 0 Å². The molecule has 15 heteroatoms. The van der Waals surface area contributed by atoms with E-state index in [4.69, 9.17) is 10.2 Å². The Labute approximate surface area is 394 Å². The van der Waals surface area contributed by atoms with Crippen molar-refractivity contribution in [2.24, 2.45) is 0 Å². The maximum atomic E-state index is 11.6. The number of hydrogen-bond donors (Lipinski definition) is 5. The molecule has 368 valence electrons. The number of aliphatic carboxylic acids is 2. The summed E-state index contributed by atoms with van der Waals surface area (Å²) >= 11 is 3.00. The number of methoxy groups -OCH3 is 1. The lowest BCUT2D eigenvalue weighted by Gasteiger charge is -2.16. The first kappa shape index (κ1) is 62.5. The van der Waals surface area contributed by atoms with Crippen LogP contribution in [0.2, 0.25) is 0 Å². The van der Waals surface area contributed by atoms with Crippen LogP contribution in [0.3, 0.4) is 0 Å². The molecule has 0 aliphatic carbocycles. The number of carbonyl (C=O) groups is 7. The van der Waals surface area contributed by atoms with Gasteiger partial charge in [-0.25, -0.2) is 0 Å². The molecule has 3 amide bonds. The summed E-state index contributed by atoms with van der Waals surface area (Å²) in [4.78, 5) is 77.4. The summed E-state index contributed by atoms with van der Waals surface area (Å²) in [6.07, 6.45) is 36.2. The Morgan fingerprint density at radius 3 is 1.20 bits per heavy atom. The Balaban J connectivity index is 0. The molecule has 64 heavy (non-hydrogen) atoms. The average molecular weight is 940 g/mol. The molecule has 0 saturated carbocycles. The van der Waals surface area contributed by atoms with Crippen LogP contribution in [-0.2, 0) is 38.3 Å². The zero-order valence-corrected chi connectivity index (χ0v) is 41.6. The molecule has 3 atom stereocenters. The molecule has 0 aromatic heterocycles. The van der Waals surface area contributed by atoms with Crippen molar-refractivity contribution in [3.63, 3.8) is 0 Å². The van der Waals surface area contributed by atoms with Crippen LogP contribution in [0.1, 0.15) is 188 Å². The second-order valence-corrected chi connectivity index (χ2v) is 18.6. The molecule has 0 aromatic carbocycles. The van der Waals surface area contributed by atoms with Crippen molar-refractivity contribution < 1.29 is 48.5 Å². The zero-order valence-electron chi connectivity index (χ0n) is 40.0. The minimum Gasteiger partial charge on any atom is -0.481 e. The van der Waals surface area contributed by atoms with Crippen LogP contribution >= 0.6 is 23.5 Å². The highest BCUT2D eigenvalue weighted by Crippen LogP contribution is 2.14. The summed E-state index contributed by atoms with van der Waals surface area (Å²) in [5, 5.41) is 26.2. The van der Waals surface area contributed by atoms with Gasteiger partial charge in [-0.1, -0.05) is 125 Å². The molecule has 0 aliphatic rings. The van der Waals surface area contributed by atoms with Gasteiger partial charge >= 0.3 is 17.9 Å². The number of hydrogen-bond acceptors (Lipinski definition) is 10. The van der Waals surface area contributed by atoms with Crippen LogP contribution < -0.4 is 16.0 Å². The second-order valence-electron chi connectivity index (χ2n) is 16.2. The lowest BCUT2D eigenvalue weighted by molar-refractivity contribution is -0.141. The van der Waals surface area contributed by atoms with Gasteiger partial charge in [-0.3, -0.25) is 33.6 Å². The summed E-state index contributed by atoms with van der Waals surface area (Å²) in [7, 11) is 1.42. The first-order chi connectivity index (χ1) is 30.7. The summed E-state index contributed by atoms with van der Waals surface area (Å²) in [5.74, 6) is 0.493. The molecule has 5 N–H and O–H groups in total. The molecule has 0 fully saturated rings. The van der Waals surface area contributed by atoms with E-state index in [9.17, 15) is 33.6 Å². The average Bonchev–Trinajstić information content (AvgIpc) is 3.22. The molecule has 0 aromatic rings. The Morgan fingerprint density at radius 2 is 0.828 bits per heavy atom. The number of esters is 1. The number of allylic oxidation sites excluding steroid dienone is 3. The lowest BCUT2D eigenvalue weighted by atomic mass is 10.1. The Morgan fingerprint density at radius 1 is 0.484 bits per heavy atom. The maximum absolute atomic E-state index is 11.6. The third kappa shape index (κ3) is 51.0. The van der Waals surface area contributed by atoms with E-state index in [2.05, 4.69) is 51.1 Å². The summed E-state index contributed by atoms with van der Waals surface area (Å²) in [6, 6.07) is -0.105. The van der Waals surface area contributed by atoms with Crippen LogP contribution in [-0.4, -0.2) is 93.5 Å². The van der Waals surface area contributed by atoms with Gasteiger partial charge in [-0.2, -0.15) is 11.8 Å². The number of carboxylic acids is 2. The van der Waals surface area contributed by atoms with Gasteiger partial charge in [0, 0.05) is 64.5 Å². The fraction of sp³-hybridized carbons (Fsp3) is 0.735. The van der Waals surface area contributed by atoms with Crippen LogP contribution in [0.15, 0.2) is 36.5 Å². The SMILES string of the molecule is CC(=O)N[C@H](/C=C/CCCCCCCCC(=O)O)CCSC[C@@H](/C=C/CCCCCCCCC(=O)O)NC(C)=O.COC(=O)CCCCCCCC/C=C/[C@H](CSC(C)=O)NC(C)=O. The number of rotatable bonds is 40. The Kier molecular flexibility index (Phi) is 44.9. The molecule has 0 heterocycles. The highest BCUT2D eigenvalue weighted by molar-refractivity contribution is 8.13.